The molecule has 0 aromatic heterocycles. The molecule has 0 bridgehead atoms. The Morgan fingerprint density at radius 2 is 1.77 bits per heavy atom. The predicted molar refractivity (Wildman–Crippen MR) is 95.7 cm³/mol. The minimum Gasteiger partial charge on any atom is -0.506 e. The summed E-state index contributed by atoms with van der Waals surface area (Å²) in [4.78, 5) is 24.4. The second kappa shape index (κ2) is 7.61. The lowest BCUT2D eigenvalue weighted by Gasteiger charge is -2.31. The van der Waals surface area contributed by atoms with Gasteiger partial charge in [0.25, 0.3) is 0 Å². The minimum atomic E-state index is -1.16. The van der Waals surface area contributed by atoms with Gasteiger partial charge < -0.3 is 25.0 Å². The van der Waals surface area contributed by atoms with Crippen LogP contribution in [-0.4, -0.2) is 53.6 Å². The molecule has 2 aromatic carbocycles. The first-order valence-electron chi connectivity index (χ1n) is 8.48. The highest BCUT2D eigenvalue weighted by atomic mass is 16.5. The lowest BCUT2D eigenvalue weighted by molar-refractivity contribution is -0.148. The van der Waals surface area contributed by atoms with E-state index in [9.17, 15) is 19.8 Å². The second-order valence-electron chi connectivity index (χ2n) is 6.39. The van der Waals surface area contributed by atoms with E-state index in [0.29, 0.717) is 37.6 Å². The maximum absolute atomic E-state index is 11.4. The van der Waals surface area contributed by atoms with Crippen molar-refractivity contribution in [3.63, 3.8) is 0 Å². The number of nitrogens with zero attached hydrogens (tertiary/aromatic N) is 1. The Morgan fingerprint density at radius 1 is 1.12 bits per heavy atom. The number of carbonyl (C=O) groups is 2. The number of hydrogen-bond acceptors (Lipinski definition) is 5. The van der Waals surface area contributed by atoms with Crippen LogP contribution in [0.5, 0.6) is 5.75 Å². The van der Waals surface area contributed by atoms with Gasteiger partial charge in [-0.25, -0.2) is 0 Å². The molecule has 7 heteroatoms. The van der Waals surface area contributed by atoms with Crippen LogP contribution in [0.3, 0.4) is 0 Å². The zero-order valence-corrected chi connectivity index (χ0v) is 14.2. The van der Waals surface area contributed by atoms with Crippen LogP contribution in [0, 0.1) is 5.92 Å². The number of carboxylic acids is 2. The Labute approximate surface area is 150 Å². The fraction of sp³-hybridized carbons (Fsp3) is 0.368. The van der Waals surface area contributed by atoms with Crippen molar-refractivity contribution in [2.75, 3.05) is 31.2 Å². The summed E-state index contributed by atoms with van der Waals surface area (Å²) in [6, 6.07) is 9.02. The monoisotopic (exact) mass is 359 g/mol. The Morgan fingerprint density at radius 3 is 2.38 bits per heavy atom. The highest BCUT2D eigenvalue weighted by molar-refractivity contribution is 5.99. The molecule has 1 atom stereocenters. The third-order valence-corrected chi connectivity index (χ3v) is 4.65. The lowest BCUT2D eigenvalue weighted by atomic mass is 9.91. The van der Waals surface area contributed by atoms with Crippen LogP contribution in [0.25, 0.3) is 10.8 Å². The van der Waals surface area contributed by atoms with Gasteiger partial charge in [-0.1, -0.05) is 24.3 Å². The molecule has 138 valence electrons. The number of phenols is 1. The van der Waals surface area contributed by atoms with Crippen LogP contribution in [0.1, 0.15) is 12.0 Å². The number of aromatic hydroxyl groups is 1. The van der Waals surface area contributed by atoms with Crippen molar-refractivity contribution in [3.05, 3.63) is 35.9 Å². The van der Waals surface area contributed by atoms with Gasteiger partial charge in [-0.3, -0.25) is 9.59 Å². The van der Waals surface area contributed by atoms with E-state index in [-0.39, 0.29) is 12.2 Å². The molecule has 26 heavy (non-hydrogen) atoms. The van der Waals surface area contributed by atoms with Gasteiger partial charge in [-0.15, -0.1) is 0 Å². The van der Waals surface area contributed by atoms with Crippen LogP contribution in [-0.2, 0) is 20.7 Å². The molecule has 0 spiro atoms. The van der Waals surface area contributed by atoms with Crippen molar-refractivity contribution in [1.29, 1.82) is 0 Å². The normalized spacial score (nSPS) is 15.8. The summed E-state index contributed by atoms with van der Waals surface area (Å²) in [5.41, 5.74) is 1.33. The lowest BCUT2D eigenvalue weighted by Crippen LogP contribution is -2.36. The SMILES string of the molecule is O=C(O)C[C@@H](Cc1cc(O)c(N2CCOCC2)c2ccccc12)C(=O)O. The van der Waals surface area contributed by atoms with E-state index in [1.807, 2.05) is 24.3 Å². The quantitative estimate of drug-likeness (QED) is 0.725. The van der Waals surface area contributed by atoms with Gasteiger partial charge in [0.2, 0.25) is 0 Å². The molecule has 3 N–H and O–H groups in total. The molecule has 0 unspecified atom stereocenters. The van der Waals surface area contributed by atoms with Gasteiger partial charge in [0.1, 0.15) is 5.75 Å². The van der Waals surface area contributed by atoms with Gasteiger partial charge >= 0.3 is 11.9 Å². The molecule has 0 amide bonds. The van der Waals surface area contributed by atoms with Crippen molar-refractivity contribution in [1.82, 2.24) is 0 Å². The van der Waals surface area contributed by atoms with E-state index in [0.717, 1.165) is 10.8 Å². The molecule has 0 radical (unpaired) electrons. The first kappa shape index (κ1) is 18.0. The number of fused-ring (bicyclic) bond motifs is 1. The number of rotatable bonds is 6. The Bertz CT molecular complexity index is 828. The summed E-state index contributed by atoms with van der Waals surface area (Å²) in [6.07, 6.45) is -0.422. The fourth-order valence-corrected chi connectivity index (χ4v) is 3.43. The highest BCUT2D eigenvalue weighted by Crippen LogP contribution is 2.39. The van der Waals surface area contributed by atoms with Gasteiger partial charge in [-0.05, 0) is 23.4 Å². The summed E-state index contributed by atoms with van der Waals surface area (Å²) < 4.78 is 5.37. The topological polar surface area (TPSA) is 107 Å². The Balaban J connectivity index is 2.04. The van der Waals surface area contributed by atoms with E-state index >= 15 is 0 Å². The summed E-state index contributed by atoms with van der Waals surface area (Å²) in [5.74, 6) is -3.30. The molecule has 7 nitrogen and oxygen atoms in total. The Hall–Kier alpha value is -2.80. The van der Waals surface area contributed by atoms with Gasteiger partial charge in [0, 0.05) is 18.5 Å². The Kier molecular flexibility index (Phi) is 5.27. The number of aliphatic carboxylic acids is 2. The molecule has 3 rings (SSSR count). The highest BCUT2D eigenvalue weighted by Gasteiger charge is 2.25. The van der Waals surface area contributed by atoms with Crippen LogP contribution in [0.4, 0.5) is 5.69 Å². The first-order chi connectivity index (χ1) is 12.5. The van der Waals surface area contributed by atoms with Crippen molar-refractivity contribution < 1.29 is 29.6 Å². The molecule has 1 heterocycles. The maximum atomic E-state index is 11.4. The average molecular weight is 359 g/mol. The van der Waals surface area contributed by atoms with Crippen molar-refractivity contribution in [2.24, 2.45) is 5.92 Å². The summed E-state index contributed by atoms with van der Waals surface area (Å²) in [6.45, 7) is 2.48. The van der Waals surface area contributed by atoms with Crippen LogP contribution in [0.15, 0.2) is 30.3 Å². The molecule has 1 aliphatic rings. The smallest absolute Gasteiger partial charge is 0.307 e. The van der Waals surface area contributed by atoms with Crippen molar-refractivity contribution >= 4 is 28.4 Å². The minimum absolute atomic E-state index is 0.0408. The molecular formula is C19H21NO6. The molecule has 0 saturated carbocycles. The number of morpholine rings is 1. The average Bonchev–Trinajstić information content (AvgIpc) is 2.61. The van der Waals surface area contributed by atoms with Gasteiger partial charge in [-0.2, -0.15) is 0 Å². The third kappa shape index (κ3) is 3.72. The molecular weight excluding hydrogens is 338 g/mol. The molecule has 1 saturated heterocycles. The zero-order valence-electron chi connectivity index (χ0n) is 14.2. The molecule has 1 fully saturated rings. The van der Waals surface area contributed by atoms with Crippen LogP contribution < -0.4 is 4.90 Å². The zero-order chi connectivity index (χ0) is 18.7. The first-order valence-corrected chi connectivity index (χ1v) is 8.48. The fourth-order valence-electron chi connectivity index (χ4n) is 3.43. The summed E-state index contributed by atoms with van der Waals surface area (Å²) in [5, 5.41) is 30.6. The van der Waals surface area contributed by atoms with E-state index in [1.54, 1.807) is 6.07 Å². The van der Waals surface area contributed by atoms with E-state index < -0.39 is 24.3 Å². The summed E-state index contributed by atoms with van der Waals surface area (Å²) >= 11 is 0. The summed E-state index contributed by atoms with van der Waals surface area (Å²) in [7, 11) is 0. The van der Waals surface area contributed by atoms with Gasteiger partial charge in [0.05, 0.1) is 31.2 Å². The van der Waals surface area contributed by atoms with E-state index in [1.165, 1.54) is 0 Å². The van der Waals surface area contributed by atoms with Crippen molar-refractivity contribution in [2.45, 2.75) is 12.8 Å². The van der Waals surface area contributed by atoms with Crippen molar-refractivity contribution in [3.8, 4) is 5.75 Å². The number of ether oxygens (including phenoxy) is 1. The predicted octanol–water partition coefficient (Wildman–Crippen LogP) is 2.10. The van der Waals surface area contributed by atoms with E-state index in [2.05, 4.69) is 4.90 Å². The largest absolute Gasteiger partial charge is 0.506 e. The number of phenolic OH excluding ortho intramolecular Hbond substituents is 1. The number of benzene rings is 2. The molecule has 2 aromatic rings. The molecule has 0 aliphatic carbocycles. The second-order valence-corrected chi connectivity index (χ2v) is 6.39. The van der Waals surface area contributed by atoms with E-state index in [4.69, 9.17) is 9.84 Å². The van der Waals surface area contributed by atoms with Gasteiger partial charge in [0.15, 0.2) is 0 Å². The van der Waals surface area contributed by atoms with Crippen LogP contribution >= 0.6 is 0 Å². The third-order valence-electron chi connectivity index (χ3n) is 4.65. The maximum Gasteiger partial charge on any atom is 0.307 e. The standard InChI is InChI=1S/C19H21NO6/c21-16-10-12(9-13(19(24)25)11-17(22)23)14-3-1-2-4-15(14)18(16)20-5-7-26-8-6-20/h1-4,10,13,21H,5-9,11H2,(H,22,23)(H,24,25)/t13-/m1/s1. The molecule has 1 aliphatic heterocycles. The number of anilines is 1. The number of hydrogen-bond donors (Lipinski definition) is 3. The number of carboxylic acid groups (broad SMARTS) is 2. The van der Waals surface area contributed by atoms with Crippen LogP contribution in [0.2, 0.25) is 0 Å².